The number of nitrogens with one attached hydrogen (secondary N) is 1. The zero-order chi connectivity index (χ0) is 9.97. The van der Waals surface area contributed by atoms with Gasteiger partial charge in [0, 0.05) is 0 Å². The summed E-state index contributed by atoms with van der Waals surface area (Å²) >= 11 is 0.394. The number of nitrogens with zero attached hydrogens (tertiary/aromatic N) is 1. The van der Waals surface area contributed by atoms with Crippen molar-refractivity contribution in [3.05, 3.63) is 36.4 Å². The van der Waals surface area contributed by atoms with Gasteiger partial charge in [0.25, 0.3) is 0 Å². The molecule has 0 spiro atoms. The molecule has 14 heavy (non-hydrogen) atoms. The van der Waals surface area contributed by atoms with E-state index >= 15 is 0 Å². The molecule has 0 radical (unpaired) electrons. The molecule has 2 nitrogen and oxygen atoms in total. The quantitative estimate of drug-likeness (QED) is 0.655. The predicted molar refractivity (Wildman–Crippen MR) is 61.1 cm³/mol. The zero-order valence-electron chi connectivity index (χ0n) is 8.08. The molecular formula is C11H12N2Se. The van der Waals surface area contributed by atoms with E-state index in [4.69, 9.17) is 0 Å². The third kappa shape index (κ3) is 2.06. The molecule has 2 aromatic rings. The van der Waals surface area contributed by atoms with Crippen LogP contribution in [-0.2, 0) is 0 Å². The molecule has 1 aromatic carbocycles. The van der Waals surface area contributed by atoms with Gasteiger partial charge in [0.2, 0.25) is 0 Å². The summed E-state index contributed by atoms with van der Waals surface area (Å²) in [7, 11) is 0. The molecule has 1 aromatic heterocycles. The van der Waals surface area contributed by atoms with E-state index in [0.29, 0.717) is 15.0 Å². The molecule has 0 atom stereocenters. The number of aromatic amines is 1. The normalized spacial score (nSPS) is 10.6. The van der Waals surface area contributed by atoms with E-state index in [-0.39, 0.29) is 0 Å². The number of rotatable bonds is 3. The molecule has 3 heteroatoms. The van der Waals surface area contributed by atoms with E-state index in [2.05, 4.69) is 29.5 Å². The van der Waals surface area contributed by atoms with Gasteiger partial charge in [-0.2, -0.15) is 0 Å². The molecule has 1 heterocycles. The average molecular weight is 251 g/mol. The molecular weight excluding hydrogens is 239 g/mol. The van der Waals surface area contributed by atoms with Crippen molar-refractivity contribution in [1.82, 2.24) is 9.97 Å². The number of imidazole rings is 1. The van der Waals surface area contributed by atoms with E-state index in [1.165, 1.54) is 5.57 Å². The van der Waals surface area contributed by atoms with Gasteiger partial charge in [-0.15, -0.1) is 0 Å². The van der Waals surface area contributed by atoms with Crippen LogP contribution in [0.1, 0.15) is 6.92 Å². The first-order valence-electron chi connectivity index (χ1n) is 4.47. The molecule has 0 bridgehead atoms. The minimum absolute atomic E-state index is 0.394. The van der Waals surface area contributed by atoms with Gasteiger partial charge in [0.1, 0.15) is 0 Å². The van der Waals surface area contributed by atoms with E-state index in [1.54, 1.807) is 0 Å². The maximum atomic E-state index is 4.52. The summed E-state index contributed by atoms with van der Waals surface area (Å²) in [6.07, 6.45) is 0. The summed E-state index contributed by atoms with van der Waals surface area (Å²) in [6, 6.07) is 8.13. The van der Waals surface area contributed by atoms with Crippen LogP contribution >= 0.6 is 0 Å². The number of benzene rings is 1. The molecule has 2 rings (SSSR count). The van der Waals surface area contributed by atoms with Gasteiger partial charge in [-0.25, -0.2) is 0 Å². The van der Waals surface area contributed by atoms with Crippen LogP contribution in [0.4, 0.5) is 0 Å². The van der Waals surface area contributed by atoms with E-state index in [0.717, 1.165) is 21.1 Å². The van der Waals surface area contributed by atoms with Gasteiger partial charge in [-0.1, -0.05) is 0 Å². The number of aromatic nitrogens is 2. The summed E-state index contributed by atoms with van der Waals surface area (Å²) in [4.78, 5) is 7.84. The molecule has 0 aliphatic carbocycles. The topological polar surface area (TPSA) is 28.7 Å². The number of hydrogen-bond acceptors (Lipinski definition) is 1. The Balaban J connectivity index is 2.22. The molecule has 0 unspecified atom stereocenters. The van der Waals surface area contributed by atoms with Crippen LogP contribution in [0.5, 0.6) is 0 Å². The standard InChI is InChI=1S/C11H12N2Se/c1-8(2)7-14-11-12-9-5-3-4-6-10(9)13-11/h3-6H,1,7H2,2H3,(H,12,13). The van der Waals surface area contributed by atoms with Crippen molar-refractivity contribution >= 4 is 30.7 Å². The predicted octanol–water partition coefficient (Wildman–Crippen LogP) is 1.89. The first-order chi connectivity index (χ1) is 6.75. The molecule has 72 valence electrons. The average Bonchev–Trinajstić information content (AvgIpc) is 2.57. The monoisotopic (exact) mass is 252 g/mol. The Morgan fingerprint density at radius 1 is 1.50 bits per heavy atom. The Bertz CT molecular complexity index is 426. The molecule has 0 saturated heterocycles. The second-order valence-corrected chi connectivity index (χ2v) is 5.33. The van der Waals surface area contributed by atoms with E-state index in [9.17, 15) is 0 Å². The SMILES string of the molecule is C=C(C)C[Se]c1nc2ccccc2[nH]1. The Morgan fingerprint density at radius 3 is 3.00 bits per heavy atom. The molecule has 1 N–H and O–H groups in total. The van der Waals surface area contributed by atoms with Crippen molar-refractivity contribution in [2.24, 2.45) is 0 Å². The van der Waals surface area contributed by atoms with Crippen LogP contribution in [0.2, 0.25) is 5.32 Å². The number of para-hydroxylation sites is 2. The first kappa shape index (κ1) is 9.50. The molecule has 0 saturated carbocycles. The van der Waals surface area contributed by atoms with Crippen LogP contribution in [0.25, 0.3) is 11.0 Å². The molecule has 0 aliphatic heterocycles. The van der Waals surface area contributed by atoms with Crippen LogP contribution in [0.3, 0.4) is 0 Å². The summed E-state index contributed by atoms with van der Waals surface area (Å²) in [5.41, 5.74) is 3.42. The van der Waals surface area contributed by atoms with Crippen molar-refractivity contribution in [2.45, 2.75) is 12.2 Å². The van der Waals surface area contributed by atoms with Crippen molar-refractivity contribution < 1.29 is 0 Å². The van der Waals surface area contributed by atoms with Gasteiger partial charge < -0.3 is 0 Å². The van der Waals surface area contributed by atoms with Crippen molar-refractivity contribution in [2.75, 3.05) is 0 Å². The van der Waals surface area contributed by atoms with Gasteiger partial charge in [-0.3, -0.25) is 0 Å². The van der Waals surface area contributed by atoms with Gasteiger partial charge in [-0.05, 0) is 0 Å². The van der Waals surface area contributed by atoms with E-state index < -0.39 is 0 Å². The third-order valence-electron chi connectivity index (χ3n) is 1.82. The van der Waals surface area contributed by atoms with Crippen molar-refractivity contribution in [3.8, 4) is 0 Å². The number of fused-ring (bicyclic) bond motifs is 1. The Labute approximate surface area is 89.6 Å². The summed E-state index contributed by atoms with van der Waals surface area (Å²) in [5.74, 6) is 0. The van der Waals surface area contributed by atoms with Crippen LogP contribution < -0.4 is 4.72 Å². The Morgan fingerprint density at radius 2 is 2.29 bits per heavy atom. The van der Waals surface area contributed by atoms with Crippen LogP contribution in [0, 0.1) is 0 Å². The van der Waals surface area contributed by atoms with Crippen LogP contribution in [-0.4, -0.2) is 24.9 Å². The van der Waals surface area contributed by atoms with Crippen LogP contribution in [0.15, 0.2) is 36.4 Å². The summed E-state index contributed by atoms with van der Waals surface area (Å²) < 4.78 is 1.11. The molecule has 0 fully saturated rings. The fraction of sp³-hybridized carbons (Fsp3) is 0.182. The third-order valence-corrected chi connectivity index (χ3v) is 4.14. The Hall–Kier alpha value is -1.05. The zero-order valence-corrected chi connectivity index (χ0v) is 9.79. The number of H-pyrrole nitrogens is 1. The van der Waals surface area contributed by atoms with Crippen molar-refractivity contribution in [3.63, 3.8) is 0 Å². The van der Waals surface area contributed by atoms with Gasteiger partial charge >= 0.3 is 89.3 Å². The maximum absolute atomic E-state index is 4.52. The fourth-order valence-electron chi connectivity index (χ4n) is 1.19. The first-order valence-corrected chi connectivity index (χ1v) is 6.54. The summed E-state index contributed by atoms with van der Waals surface area (Å²) in [6.45, 7) is 5.96. The van der Waals surface area contributed by atoms with E-state index in [1.807, 2.05) is 18.2 Å². The molecule has 0 amide bonds. The fourth-order valence-corrected chi connectivity index (χ4v) is 2.72. The molecule has 0 aliphatic rings. The van der Waals surface area contributed by atoms with Crippen molar-refractivity contribution in [1.29, 1.82) is 0 Å². The number of hydrogen-bond donors (Lipinski definition) is 1. The second-order valence-electron chi connectivity index (χ2n) is 3.30. The number of allylic oxidation sites excluding steroid dienone is 1. The summed E-state index contributed by atoms with van der Waals surface area (Å²) in [5, 5.41) is 1.06. The van der Waals surface area contributed by atoms with Gasteiger partial charge in [0.05, 0.1) is 0 Å². The Kier molecular flexibility index (Phi) is 2.71. The second kappa shape index (κ2) is 3.99. The van der Waals surface area contributed by atoms with Gasteiger partial charge in [0.15, 0.2) is 0 Å². The minimum atomic E-state index is 0.394.